The minimum Gasteiger partial charge on any atom is -0.330 e. The van der Waals surface area contributed by atoms with E-state index in [1.54, 1.807) is 0 Å². The molecule has 0 aliphatic heterocycles. The maximum atomic E-state index is 13.5. The molecule has 90 valence electrons. The standard InChI is InChI=1S/C11H15BrF2N2/c12-7-5-8(13)11(9(14)6-7)10(16)3-1-2-4-15/h5-6,10H,1-4,15-16H2/t10-/m0/s1. The molecule has 1 rings (SSSR count). The molecule has 1 aromatic carbocycles. The molecule has 16 heavy (non-hydrogen) atoms. The lowest BCUT2D eigenvalue weighted by Crippen LogP contribution is -2.15. The van der Waals surface area contributed by atoms with Gasteiger partial charge in [0.05, 0.1) is 0 Å². The van der Waals surface area contributed by atoms with Crippen LogP contribution in [0.2, 0.25) is 0 Å². The van der Waals surface area contributed by atoms with Crippen LogP contribution >= 0.6 is 15.9 Å². The highest BCUT2D eigenvalue weighted by molar-refractivity contribution is 9.10. The summed E-state index contributed by atoms with van der Waals surface area (Å²) in [5.74, 6) is -1.21. The average Bonchev–Trinajstić information content (AvgIpc) is 2.16. The van der Waals surface area contributed by atoms with Gasteiger partial charge in [0.1, 0.15) is 11.6 Å². The molecule has 0 aliphatic rings. The molecule has 0 fully saturated rings. The Bertz CT molecular complexity index is 335. The molecule has 0 aliphatic carbocycles. The molecule has 4 N–H and O–H groups in total. The van der Waals surface area contributed by atoms with Crippen molar-refractivity contribution in [1.29, 1.82) is 0 Å². The number of halogens is 3. The highest BCUT2D eigenvalue weighted by atomic mass is 79.9. The van der Waals surface area contributed by atoms with Crippen LogP contribution in [0.1, 0.15) is 30.9 Å². The van der Waals surface area contributed by atoms with Gasteiger partial charge in [0, 0.05) is 16.1 Å². The Morgan fingerprint density at radius 1 is 1.19 bits per heavy atom. The average molecular weight is 293 g/mol. The smallest absolute Gasteiger partial charge is 0.132 e. The Hall–Kier alpha value is -0.520. The number of benzene rings is 1. The molecule has 0 bridgehead atoms. The lowest BCUT2D eigenvalue weighted by molar-refractivity contribution is 0.499. The molecule has 0 saturated carbocycles. The predicted octanol–water partition coefficient (Wildman–Crippen LogP) is 2.86. The van der Waals surface area contributed by atoms with Gasteiger partial charge in [-0.3, -0.25) is 0 Å². The number of unbranched alkanes of at least 4 members (excludes halogenated alkanes) is 1. The van der Waals surface area contributed by atoms with Gasteiger partial charge >= 0.3 is 0 Å². The van der Waals surface area contributed by atoms with E-state index in [1.807, 2.05) is 0 Å². The summed E-state index contributed by atoms with van der Waals surface area (Å²) in [6.07, 6.45) is 2.12. The van der Waals surface area contributed by atoms with Crippen LogP contribution in [0.4, 0.5) is 8.78 Å². The molecule has 1 aromatic rings. The fraction of sp³-hybridized carbons (Fsp3) is 0.455. The molecule has 0 spiro atoms. The van der Waals surface area contributed by atoms with Crippen molar-refractivity contribution in [3.63, 3.8) is 0 Å². The molecule has 0 unspecified atom stereocenters. The molecule has 0 amide bonds. The maximum absolute atomic E-state index is 13.5. The van der Waals surface area contributed by atoms with E-state index < -0.39 is 17.7 Å². The van der Waals surface area contributed by atoms with E-state index in [2.05, 4.69) is 15.9 Å². The summed E-state index contributed by atoms with van der Waals surface area (Å²) in [6.45, 7) is 0.567. The lowest BCUT2D eigenvalue weighted by atomic mass is 10.0. The summed E-state index contributed by atoms with van der Waals surface area (Å²) in [7, 11) is 0. The minimum absolute atomic E-state index is 0.0415. The van der Waals surface area contributed by atoms with E-state index in [9.17, 15) is 8.78 Å². The van der Waals surface area contributed by atoms with Crippen molar-refractivity contribution in [1.82, 2.24) is 0 Å². The Morgan fingerprint density at radius 3 is 2.25 bits per heavy atom. The number of hydrogen-bond donors (Lipinski definition) is 2. The molecule has 5 heteroatoms. The Kier molecular flexibility index (Phi) is 5.31. The summed E-state index contributed by atoms with van der Waals surface area (Å²) in [4.78, 5) is 0. The topological polar surface area (TPSA) is 52.0 Å². The van der Waals surface area contributed by atoms with E-state index >= 15 is 0 Å². The van der Waals surface area contributed by atoms with Gasteiger partial charge in [0.15, 0.2) is 0 Å². The second-order valence-corrected chi connectivity index (χ2v) is 4.59. The van der Waals surface area contributed by atoms with Gasteiger partial charge in [-0.1, -0.05) is 22.4 Å². The normalized spacial score (nSPS) is 12.8. The zero-order valence-corrected chi connectivity index (χ0v) is 10.4. The van der Waals surface area contributed by atoms with Crippen LogP contribution in [-0.4, -0.2) is 6.54 Å². The zero-order chi connectivity index (χ0) is 12.1. The quantitative estimate of drug-likeness (QED) is 0.820. The second kappa shape index (κ2) is 6.27. The third kappa shape index (κ3) is 3.50. The van der Waals surface area contributed by atoms with Crippen molar-refractivity contribution in [2.24, 2.45) is 11.5 Å². The van der Waals surface area contributed by atoms with Gasteiger partial charge in [-0.25, -0.2) is 8.78 Å². The van der Waals surface area contributed by atoms with E-state index in [0.717, 1.165) is 12.8 Å². The van der Waals surface area contributed by atoms with Crippen molar-refractivity contribution in [3.05, 3.63) is 33.8 Å². The monoisotopic (exact) mass is 292 g/mol. The van der Waals surface area contributed by atoms with Crippen molar-refractivity contribution < 1.29 is 8.78 Å². The number of nitrogens with two attached hydrogens (primary N) is 2. The molecular formula is C11H15BrF2N2. The summed E-state index contributed by atoms with van der Waals surface area (Å²) < 4.78 is 27.4. The van der Waals surface area contributed by atoms with Gasteiger partial charge < -0.3 is 11.5 Å². The third-order valence-electron chi connectivity index (χ3n) is 2.38. The minimum atomic E-state index is -0.611. The second-order valence-electron chi connectivity index (χ2n) is 3.67. The summed E-state index contributed by atoms with van der Waals surface area (Å²) in [6, 6.07) is 1.84. The Morgan fingerprint density at radius 2 is 1.75 bits per heavy atom. The van der Waals surface area contributed by atoms with Crippen molar-refractivity contribution in [2.45, 2.75) is 25.3 Å². The Balaban J connectivity index is 2.78. The lowest BCUT2D eigenvalue weighted by Gasteiger charge is -2.14. The van der Waals surface area contributed by atoms with Gasteiger partial charge in [-0.15, -0.1) is 0 Å². The van der Waals surface area contributed by atoms with Crippen LogP contribution in [0.3, 0.4) is 0 Å². The molecule has 0 aromatic heterocycles. The third-order valence-corrected chi connectivity index (χ3v) is 2.84. The van der Waals surface area contributed by atoms with E-state index in [1.165, 1.54) is 12.1 Å². The summed E-state index contributed by atoms with van der Waals surface area (Å²) >= 11 is 3.02. The molecule has 0 heterocycles. The summed E-state index contributed by atoms with van der Waals surface area (Å²) in [5.41, 5.74) is 11.0. The first kappa shape index (κ1) is 13.5. The molecule has 0 saturated heterocycles. The van der Waals surface area contributed by atoms with Gasteiger partial charge in [-0.05, 0) is 31.5 Å². The van der Waals surface area contributed by atoms with Gasteiger partial charge in [-0.2, -0.15) is 0 Å². The van der Waals surface area contributed by atoms with Crippen LogP contribution < -0.4 is 11.5 Å². The molecule has 0 radical (unpaired) electrons. The number of rotatable bonds is 5. The SMILES string of the molecule is NCCCC[C@H](N)c1c(F)cc(Br)cc1F. The van der Waals surface area contributed by atoms with E-state index in [0.29, 0.717) is 17.4 Å². The van der Waals surface area contributed by atoms with Crippen molar-refractivity contribution in [3.8, 4) is 0 Å². The first-order chi connectivity index (χ1) is 7.56. The predicted molar refractivity (Wildman–Crippen MR) is 63.9 cm³/mol. The summed E-state index contributed by atoms with van der Waals surface area (Å²) in [5, 5.41) is 0. The van der Waals surface area contributed by atoms with Crippen molar-refractivity contribution in [2.75, 3.05) is 6.54 Å². The van der Waals surface area contributed by atoms with Crippen LogP contribution in [0, 0.1) is 11.6 Å². The van der Waals surface area contributed by atoms with Crippen LogP contribution in [0.25, 0.3) is 0 Å². The van der Waals surface area contributed by atoms with E-state index in [4.69, 9.17) is 11.5 Å². The van der Waals surface area contributed by atoms with Crippen molar-refractivity contribution >= 4 is 15.9 Å². The number of hydrogen-bond acceptors (Lipinski definition) is 2. The Labute approximate surface area is 102 Å². The highest BCUT2D eigenvalue weighted by Gasteiger charge is 2.17. The van der Waals surface area contributed by atoms with Gasteiger partial charge in [0.25, 0.3) is 0 Å². The molecular weight excluding hydrogens is 278 g/mol. The molecule has 2 nitrogen and oxygen atoms in total. The fourth-order valence-electron chi connectivity index (χ4n) is 1.56. The van der Waals surface area contributed by atoms with Crippen LogP contribution in [0.5, 0.6) is 0 Å². The largest absolute Gasteiger partial charge is 0.330 e. The maximum Gasteiger partial charge on any atom is 0.132 e. The zero-order valence-electron chi connectivity index (χ0n) is 8.85. The molecule has 1 atom stereocenters. The highest BCUT2D eigenvalue weighted by Crippen LogP contribution is 2.26. The first-order valence-corrected chi connectivity index (χ1v) is 5.95. The van der Waals surface area contributed by atoms with Crippen LogP contribution in [0.15, 0.2) is 16.6 Å². The van der Waals surface area contributed by atoms with E-state index in [-0.39, 0.29) is 5.56 Å². The first-order valence-electron chi connectivity index (χ1n) is 5.16. The fourth-order valence-corrected chi connectivity index (χ4v) is 1.96. The van der Waals surface area contributed by atoms with Crippen LogP contribution in [-0.2, 0) is 0 Å². The van der Waals surface area contributed by atoms with Gasteiger partial charge in [0.2, 0.25) is 0 Å².